The number of ether oxygens (including phenoxy) is 2. The number of anilines is 1. The first-order valence-corrected chi connectivity index (χ1v) is 11.4. The Balaban J connectivity index is 1.31. The van der Waals surface area contributed by atoms with Crippen molar-refractivity contribution < 1.29 is 14.3 Å². The van der Waals surface area contributed by atoms with Crippen LogP contribution in [0.25, 0.3) is 10.2 Å². The maximum atomic E-state index is 13.2. The maximum Gasteiger partial charge on any atom is 0.231 e. The minimum Gasteiger partial charge on any atom is -0.454 e. The number of ketones is 1. The van der Waals surface area contributed by atoms with Crippen LogP contribution in [0.15, 0.2) is 54.6 Å². The van der Waals surface area contributed by atoms with Crippen molar-refractivity contribution in [2.24, 2.45) is 0 Å². The summed E-state index contributed by atoms with van der Waals surface area (Å²) in [4.78, 5) is 21.9. The summed E-state index contributed by atoms with van der Waals surface area (Å²) in [6.45, 7) is 2.87. The molecule has 0 radical (unpaired) electrons. The van der Waals surface area contributed by atoms with Crippen molar-refractivity contribution in [3.8, 4) is 11.5 Å². The number of aromatic nitrogens is 1. The van der Waals surface area contributed by atoms with Gasteiger partial charge >= 0.3 is 0 Å². The molecule has 0 bridgehead atoms. The Morgan fingerprint density at radius 2 is 1.94 bits per heavy atom. The van der Waals surface area contributed by atoms with Gasteiger partial charge in [0.15, 0.2) is 11.5 Å². The van der Waals surface area contributed by atoms with E-state index in [1.807, 2.05) is 6.07 Å². The molecule has 7 heteroatoms. The van der Waals surface area contributed by atoms with E-state index in [2.05, 4.69) is 35.2 Å². The Morgan fingerprint density at radius 1 is 1.09 bits per heavy atom. The highest BCUT2D eigenvalue weighted by molar-refractivity contribution is 7.21. The van der Waals surface area contributed by atoms with E-state index >= 15 is 0 Å². The standard InChI is InChI=1S/C25H21N3O3S/c26-22-18-10-17-13-28(12-15-4-2-1-3-5-15)9-8-19(17)27-25(18)32-24(22)23(29)16-6-7-20-21(11-16)31-14-30-20/h1-7,10-11H,8-9,12-14,26H2. The number of nitrogens with zero attached hydrogens (tertiary/aromatic N) is 2. The van der Waals surface area contributed by atoms with Crippen LogP contribution in [-0.4, -0.2) is 29.0 Å². The number of nitrogen functional groups attached to an aromatic ring is 1. The van der Waals surface area contributed by atoms with Gasteiger partial charge < -0.3 is 15.2 Å². The van der Waals surface area contributed by atoms with Gasteiger partial charge in [-0.15, -0.1) is 11.3 Å². The number of carbonyl (C=O) groups is 1. The quantitative estimate of drug-likeness (QED) is 0.471. The summed E-state index contributed by atoms with van der Waals surface area (Å²) in [5.74, 6) is 1.12. The molecule has 32 heavy (non-hydrogen) atoms. The molecule has 0 saturated carbocycles. The fourth-order valence-corrected chi connectivity index (χ4v) is 5.43. The number of benzene rings is 2. The maximum absolute atomic E-state index is 13.2. The predicted octanol–water partition coefficient (Wildman–Crippen LogP) is 4.40. The van der Waals surface area contributed by atoms with Crippen LogP contribution < -0.4 is 15.2 Å². The first-order chi connectivity index (χ1) is 15.7. The van der Waals surface area contributed by atoms with E-state index in [1.165, 1.54) is 22.5 Å². The van der Waals surface area contributed by atoms with E-state index < -0.39 is 0 Å². The molecule has 2 aromatic heterocycles. The molecular weight excluding hydrogens is 422 g/mol. The van der Waals surface area contributed by atoms with Crippen LogP contribution in [0.4, 0.5) is 5.69 Å². The lowest BCUT2D eigenvalue weighted by atomic mass is 10.0. The number of hydrogen-bond donors (Lipinski definition) is 1. The monoisotopic (exact) mass is 443 g/mol. The number of carbonyl (C=O) groups excluding carboxylic acids is 1. The second-order valence-electron chi connectivity index (χ2n) is 8.14. The molecule has 0 amide bonds. The molecule has 0 saturated heterocycles. The number of nitrogens with two attached hydrogens (primary N) is 1. The van der Waals surface area contributed by atoms with Crippen molar-refractivity contribution in [1.82, 2.24) is 9.88 Å². The summed E-state index contributed by atoms with van der Waals surface area (Å²) in [5, 5.41) is 0.861. The van der Waals surface area contributed by atoms with Crippen molar-refractivity contribution >= 4 is 33.0 Å². The Hall–Kier alpha value is -3.42. The smallest absolute Gasteiger partial charge is 0.231 e. The van der Waals surface area contributed by atoms with Crippen molar-refractivity contribution in [2.75, 3.05) is 19.1 Å². The van der Waals surface area contributed by atoms with E-state index in [0.29, 0.717) is 27.6 Å². The third-order valence-electron chi connectivity index (χ3n) is 6.04. The Morgan fingerprint density at radius 3 is 2.81 bits per heavy atom. The van der Waals surface area contributed by atoms with Crippen LogP contribution >= 0.6 is 11.3 Å². The number of thiophene rings is 1. The molecule has 4 heterocycles. The summed E-state index contributed by atoms with van der Waals surface area (Å²) in [6.07, 6.45) is 0.890. The number of rotatable bonds is 4. The largest absolute Gasteiger partial charge is 0.454 e. The van der Waals surface area contributed by atoms with E-state index in [0.717, 1.165) is 42.0 Å². The number of fused-ring (bicyclic) bond motifs is 3. The summed E-state index contributed by atoms with van der Waals surface area (Å²) in [7, 11) is 0. The zero-order chi connectivity index (χ0) is 21.7. The molecule has 2 N–H and O–H groups in total. The fourth-order valence-electron chi connectivity index (χ4n) is 4.37. The van der Waals surface area contributed by atoms with Gasteiger partial charge in [0.25, 0.3) is 0 Å². The van der Waals surface area contributed by atoms with Gasteiger partial charge in [0, 0.05) is 42.7 Å². The fraction of sp³-hybridized carbons (Fsp3) is 0.200. The Labute approximate surface area is 189 Å². The number of hydrogen-bond acceptors (Lipinski definition) is 7. The molecule has 6 rings (SSSR count). The van der Waals surface area contributed by atoms with Crippen molar-refractivity contribution in [1.29, 1.82) is 0 Å². The normalized spacial score (nSPS) is 15.1. The first kappa shape index (κ1) is 19.3. The Kier molecular flexibility index (Phi) is 4.59. The molecule has 0 unspecified atom stereocenters. The highest BCUT2D eigenvalue weighted by atomic mass is 32.1. The molecule has 0 fully saturated rings. The molecule has 6 nitrogen and oxygen atoms in total. The van der Waals surface area contributed by atoms with E-state index in [4.69, 9.17) is 20.2 Å². The summed E-state index contributed by atoms with van der Waals surface area (Å²) >= 11 is 1.37. The molecule has 0 atom stereocenters. The molecular formula is C25H21N3O3S. The van der Waals surface area contributed by atoms with Gasteiger partial charge in [0.05, 0.1) is 5.69 Å². The van der Waals surface area contributed by atoms with Crippen LogP contribution in [0.3, 0.4) is 0 Å². The molecule has 2 aliphatic heterocycles. The van der Waals surface area contributed by atoms with Crippen molar-refractivity contribution in [3.63, 3.8) is 0 Å². The van der Waals surface area contributed by atoms with Gasteiger partial charge in [0.1, 0.15) is 9.71 Å². The second kappa shape index (κ2) is 7.62. The van der Waals surface area contributed by atoms with E-state index in [9.17, 15) is 4.79 Å². The van der Waals surface area contributed by atoms with Crippen molar-refractivity contribution in [2.45, 2.75) is 19.5 Å². The topological polar surface area (TPSA) is 77.7 Å². The van der Waals surface area contributed by atoms with E-state index in [1.54, 1.807) is 18.2 Å². The Bertz CT molecular complexity index is 1350. The highest BCUT2D eigenvalue weighted by Crippen LogP contribution is 2.38. The average molecular weight is 444 g/mol. The van der Waals surface area contributed by atoms with Gasteiger partial charge in [-0.05, 0) is 35.4 Å². The van der Waals surface area contributed by atoms with Crippen LogP contribution in [0.5, 0.6) is 11.5 Å². The SMILES string of the molecule is Nc1c(C(=O)c2ccc3c(c2)OCO3)sc2nc3c(cc12)CN(Cc1ccccc1)CC3. The lowest BCUT2D eigenvalue weighted by molar-refractivity contribution is 0.104. The van der Waals surface area contributed by atoms with Crippen LogP contribution in [0.1, 0.15) is 32.1 Å². The van der Waals surface area contributed by atoms with Gasteiger partial charge in [-0.25, -0.2) is 4.98 Å². The third kappa shape index (κ3) is 3.30. The lowest BCUT2D eigenvalue weighted by Gasteiger charge is -2.28. The highest BCUT2D eigenvalue weighted by Gasteiger charge is 2.24. The average Bonchev–Trinajstić information content (AvgIpc) is 3.42. The second-order valence-corrected chi connectivity index (χ2v) is 9.13. The third-order valence-corrected chi connectivity index (χ3v) is 7.15. The van der Waals surface area contributed by atoms with Crippen LogP contribution in [0, 0.1) is 0 Å². The minimum atomic E-state index is -0.118. The van der Waals surface area contributed by atoms with Gasteiger partial charge in [-0.3, -0.25) is 9.69 Å². The minimum absolute atomic E-state index is 0.118. The summed E-state index contributed by atoms with van der Waals surface area (Å²) in [6, 6.07) is 17.8. The van der Waals surface area contributed by atoms with Crippen molar-refractivity contribution in [3.05, 3.63) is 81.9 Å². The predicted molar refractivity (Wildman–Crippen MR) is 124 cm³/mol. The lowest BCUT2D eigenvalue weighted by Crippen LogP contribution is -2.30. The molecule has 2 aliphatic rings. The van der Waals surface area contributed by atoms with Gasteiger partial charge in [-0.2, -0.15) is 0 Å². The molecule has 4 aromatic rings. The summed E-state index contributed by atoms with van der Waals surface area (Å²) < 4.78 is 10.8. The molecule has 0 spiro atoms. The zero-order valence-corrected chi connectivity index (χ0v) is 18.2. The van der Waals surface area contributed by atoms with Gasteiger partial charge in [0.2, 0.25) is 12.6 Å². The van der Waals surface area contributed by atoms with Gasteiger partial charge in [-0.1, -0.05) is 30.3 Å². The summed E-state index contributed by atoms with van der Waals surface area (Å²) in [5.41, 5.74) is 11.1. The zero-order valence-electron chi connectivity index (χ0n) is 17.3. The molecule has 160 valence electrons. The molecule has 0 aliphatic carbocycles. The first-order valence-electron chi connectivity index (χ1n) is 10.6. The number of pyridine rings is 1. The van der Waals surface area contributed by atoms with Crippen LogP contribution in [0.2, 0.25) is 0 Å². The molecule has 2 aromatic carbocycles. The van der Waals surface area contributed by atoms with Crippen LogP contribution in [-0.2, 0) is 19.5 Å². The van der Waals surface area contributed by atoms with E-state index in [-0.39, 0.29) is 12.6 Å².